The molecule has 1 aliphatic heterocycles. The highest BCUT2D eigenvalue weighted by atomic mass is 32.2. The zero-order valence-electron chi connectivity index (χ0n) is 10.1. The van der Waals surface area contributed by atoms with Crippen molar-refractivity contribution >= 4 is 10.1 Å². The van der Waals surface area contributed by atoms with Gasteiger partial charge in [-0.2, -0.15) is 21.6 Å². The van der Waals surface area contributed by atoms with Crippen molar-refractivity contribution in [3.63, 3.8) is 0 Å². The fourth-order valence-corrected chi connectivity index (χ4v) is 2.35. The van der Waals surface area contributed by atoms with Crippen molar-refractivity contribution in [3.8, 4) is 5.75 Å². The molecule has 1 aliphatic rings. The summed E-state index contributed by atoms with van der Waals surface area (Å²) in [5, 5.41) is 0. The Labute approximate surface area is 108 Å². The molecule has 0 radical (unpaired) electrons. The molecule has 0 saturated heterocycles. The summed E-state index contributed by atoms with van der Waals surface area (Å²) in [5.74, 6) is -0.305. The number of benzene rings is 1. The molecule has 0 fully saturated rings. The molecule has 0 spiro atoms. The number of alkyl halides is 3. The van der Waals surface area contributed by atoms with Crippen LogP contribution in [0.2, 0.25) is 0 Å². The highest BCUT2D eigenvalue weighted by Crippen LogP contribution is 2.29. The van der Waals surface area contributed by atoms with E-state index in [-0.39, 0.29) is 5.75 Å². The van der Waals surface area contributed by atoms with Gasteiger partial charge in [0.05, 0.1) is 0 Å². The van der Waals surface area contributed by atoms with Crippen LogP contribution >= 0.6 is 0 Å². The van der Waals surface area contributed by atoms with Crippen LogP contribution in [-0.2, 0) is 23.1 Å². The van der Waals surface area contributed by atoms with Crippen molar-refractivity contribution in [3.05, 3.63) is 29.3 Å². The van der Waals surface area contributed by atoms with Crippen LogP contribution in [0.5, 0.6) is 5.75 Å². The monoisotopic (exact) mass is 295 g/mol. The van der Waals surface area contributed by atoms with Gasteiger partial charge in [-0.15, -0.1) is 0 Å². The molecule has 0 atom stereocenters. The SMILES string of the molecule is CN1CCc2cc(OS(=O)(=O)C(F)(F)F)ccc2C1. The second kappa shape index (κ2) is 4.68. The van der Waals surface area contributed by atoms with Crippen LogP contribution in [-0.4, -0.2) is 32.4 Å². The molecule has 0 amide bonds. The van der Waals surface area contributed by atoms with Crippen LogP contribution in [0.4, 0.5) is 13.2 Å². The number of fused-ring (bicyclic) bond motifs is 1. The molecule has 0 N–H and O–H groups in total. The van der Waals surface area contributed by atoms with Gasteiger partial charge < -0.3 is 9.08 Å². The van der Waals surface area contributed by atoms with Crippen LogP contribution in [0, 0.1) is 0 Å². The van der Waals surface area contributed by atoms with Crippen molar-refractivity contribution in [2.75, 3.05) is 13.6 Å². The standard InChI is InChI=1S/C11H12F3NO3S/c1-15-5-4-8-6-10(3-2-9(8)7-15)18-19(16,17)11(12,13)14/h2-3,6H,4-5,7H2,1H3. The third kappa shape index (κ3) is 3.01. The van der Waals surface area contributed by atoms with E-state index in [1.807, 2.05) is 7.05 Å². The van der Waals surface area contributed by atoms with E-state index in [2.05, 4.69) is 9.08 Å². The largest absolute Gasteiger partial charge is 0.534 e. The normalized spacial score (nSPS) is 17.1. The molecule has 8 heteroatoms. The maximum atomic E-state index is 12.2. The molecule has 0 saturated carbocycles. The van der Waals surface area contributed by atoms with Gasteiger partial charge in [0.15, 0.2) is 0 Å². The van der Waals surface area contributed by atoms with Gasteiger partial charge in [0.1, 0.15) is 5.75 Å². The Morgan fingerprint density at radius 2 is 1.95 bits per heavy atom. The third-order valence-corrected chi connectivity index (χ3v) is 3.85. The van der Waals surface area contributed by atoms with Gasteiger partial charge in [-0.3, -0.25) is 0 Å². The van der Waals surface area contributed by atoms with E-state index in [0.29, 0.717) is 13.0 Å². The summed E-state index contributed by atoms with van der Waals surface area (Å²) >= 11 is 0. The van der Waals surface area contributed by atoms with Crippen LogP contribution in [0.3, 0.4) is 0 Å². The van der Waals surface area contributed by atoms with Gasteiger partial charge >= 0.3 is 15.6 Å². The smallest absolute Gasteiger partial charge is 0.376 e. The predicted molar refractivity (Wildman–Crippen MR) is 62.1 cm³/mol. The maximum absolute atomic E-state index is 12.2. The average molecular weight is 295 g/mol. The van der Waals surface area contributed by atoms with E-state index in [0.717, 1.165) is 17.7 Å². The summed E-state index contributed by atoms with van der Waals surface area (Å²) in [4.78, 5) is 2.06. The van der Waals surface area contributed by atoms with Gasteiger partial charge in [0.2, 0.25) is 0 Å². The highest BCUT2D eigenvalue weighted by Gasteiger charge is 2.48. The lowest BCUT2D eigenvalue weighted by Gasteiger charge is -2.25. The Morgan fingerprint density at radius 3 is 2.58 bits per heavy atom. The molecule has 1 aromatic rings. The second-order valence-electron chi connectivity index (χ2n) is 4.40. The lowest BCUT2D eigenvalue weighted by atomic mass is 10.00. The summed E-state index contributed by atoms with van der Waals surface area (Å²) in [6.45, 7) is 1.45. The van der Waals surface area contributed by atoms with Gasteiger partial charge in [-0.1, -0.05) is 6.07 Å². The summed E-state index contributed by atoms with van der Waals surface area (Å²) < 4.78 is 62.4. The van der Waals surface area contributed by atoms with Crippen molar-refractivity contribution in [2.45, 2.75) is 18.5 Å². The van der Waals surface area contributed by atoms with Crippen LogP contribution in [0.15, 0.2) is 18.2 Å². The van der Waals surface area contributed by atoms with Gasteiger partial charge in [0.25, 0.3) is 0 Å². The Balaban J connectivity index is 2.25. The van der Waals surface area contributed by atoms with E-state index in [1.165, 1.54) is 12.1 Å². The minimum Gasteiger partial charge on any atom is -0.376 e. The highest BCUT2D eigenvalue weighted by molar-refractivity contribution is 7.87. The summed E-state index contributed by atoms with van der Waals surface area (Å²) in [6, 6.07) is 4.18. The molecule has 0 aliphatic carbocycles. The Morgan fingerprint density at radius 1 is 1.26 bits per heavy atom. The summed E-state index contributed by atoms with van der Waals surface area (Å²) in [7, 11) is -3.67. The lowest BCUT2D eigenvalue weighted by Crippen LogP contribution is -2.29. The lowest BCUT2D eigenvalue weighted by molar-refractivity contribution is -0.0500. The van der Waals surface area contributed by atoms with Crippen LogP contribution in [0.25, 0.3) is 0 Å². The molecular formula is C11H12F3NO3S. The molecule has 106 valence electrons. The number of likely N-dealkylation sites (N-methyl/N-ethyl adjacent to an activating group) is 1. The van der Waals surface area contributed by atoms with Crippen LogP contribution < -0.4 is 4.18 Å². The second-order valence-corrected chi connectivity index (χ2v) is 5.94. The zero-order valence-corrected chi connectivity index (χ0v) is 10.9. The fourth-order valence-electron chi connectivity index (χ4n) is 1.90. The fraction of sp³-hybridized carbons (Fsp3) is 0.455. The average Bonchev–Trinajstić information content (AvgIpc) is 2.27. The summed E-state index contributed by atoms with van der Waals surface area (Å²) in [5.41, 5.74) is -3.64. The van der Waals surface area contributed by atoms with Gasteiger partial charge in [-0.25, -0.2) is 0 Å². The molecule has 0 bridgehead atoms. The quantitative estimate of drug-likeness (QED) is 0.617. The minimum atomic E-state index is -5.60. The maximum Gasteiger partial charge on any atom is 0.534 e. The number of hydrogen-bond donors (Lipinski definition) is 0. The molecular weight excluding hydrogens is 283 g/mol. The molecule has 4 nitrogen and oxygen atoms in total. The van der Waals surface area contributed by atoms with E-state index >= 15 is 0 Å². The molecule has 0 aromatic heterocycles. The Kier molecular flexibility index (Phi) is 3.48. The first-order chi connectivity index (χ1) is 8.69. The zero-order chi connectivity index (χ0) is 14.3. The molecule has 2 rings (SSSR count). The molecule has 0 unspecified atom stereocenters. The topological polar surface area (TPSA) is 46.6 Å². The number of hydrogen-bond acceptors (Lipinski definition) is 4. The Bertz CT molecular complexity index is 583. The van der Waals surface area contributed by atoms with E-state index < -0.39 is 15.6 Å². The third-order valence-electron chi connectivity index (χ3n) is 2.87. The van der Waals surface area contributed by atoms with Gasteiger partial charge in [-0.05, 0) is 36.7 Å². The predicted octanol–water partition coefficient (Wildman–Crippen LogP) is 1.90. The first kappa shape index (κ1) is 14.1. The van der Waals surface area contributed by atoms with Gasteiger partial charge in [0, 0.05) is 13.1 Å². The van der Waals surface area contributed by atoms with Crippen molar-refractivity contribution in [2.24, 2.45) is 0 Å². The minimum absolute atomic E-state index is 0.305. The van der Waals surface area contributed by atoms with Crippen molar-refractivity contribution < 1.29 is 25.8 Å². The molecule has 1 heterocycles. The van der Waals surface area contributed by atoms with E-state index in [4.69, 9.17) is 0 Å². The van der Waals surface area contributed by atoms with E-state index in [9.17, 15) is 21.6 Å². The number of rotatable bonds is 2. The van der Waals surface area contributed by atoms with Crippen molar-refractivity contribution in [1.29, 1.82) is 0 Å². The van der Waals surface area contributed by atoms with Crippen LogP contribution in [0.1, 0.15) is 11.1 Å². The first-order valence-electron chi connectivity index (χ1n) is 5.50. The molecule has 19 heavy (non-hydrogen) atoms. The van der Waals surface area contributed by atoms with E-state index in [1.54, 1.807) is 6.07 Å². The van der Waals surface area contributed by atoms with Crippen molar-refractivity contribution in [1.82, 2.24) is 4.90 Å². The Hall–Kier alpha value is -1.28. The number of nitrogens with zero attached hydrogens (tertiary/aromatic N) is 1. The number of halogens is 3. The first-order valence-corrected chi connectivity index (χ1v) is 6.91. The summed E-state index contributed by atoms with van der Waals surface area (Å²) in [6.07, 6.45) is 0.648. The molecule has 1 aromatic carbocycles.